The van der Waals surface area contributed by atoms with Gasteiger partial charge in [-0.1, -0.05) is 13.0 Å². The van der Waals surface area contributed by atoms with E-state index < -0.39 is 17.8 Å². The van der Waals surface area contributed by atoms with Gasteiger partial charge in [-0.25, -0.2) is 23.7 Å². The highest BCUT2D eigenvalue weighted by atomic mass is 19.3. The van der Waals surface area contributed by atoms with Crippen molar-refractivity contribution < 1.29 is 13.6 Å². The van der Waals surface area contributed by atoms with Crippen LogP contribution in [0.1, 0.15) is 52.5 Å². The molecule has 0 bridgehead atoms. The van der Waals surface area contributed by atoms with E-state index in [9.17, 15) is 13.6 Å². The van der Waals surface area contributed by atoms with Crippen molar-refractivity contribution in [3.8, 4) is 0 Å². The minimum Gasteiger partial charge on any atom is -0.356 e. The van der Waals surface area contributed by atoms with E-state index in [-0.39, 0.29) is 11.9 Å². The fraction of sp³-hybridized carbons (Fsp3) is 0.500. The summed E-state index contributed by atoms with van der Waals surface area (Å²) in [5.74, 6) is -2.99. The van der Waals surface area contributed by atoms with Gasteiger partial charge in [0.1, 0.15) is 11.5 Å². The van der Waals surface area contributed by atoms with Gasteiger partial charge in [0, 0.05) is 37.7 Å². The topological polar surface area (TPSA) is 80.9 Å². The largest absolute Gasteiger partial charge is 0.356 e. The van der Waals surface area contributed by atoms with Gasteiger partial charge in [-0.05, 0) is 30.9 Å². The quantitative estimate of drug-likeness (QED) is 0.603. The average Bonchev–Trinajstić information content (AvgIpc) is 3.46. The average molecular weight is 468 g/mol. The van der Waals surface area contributed by atoms with Crippen molar-refractivity contribution in [2.45, 2.75) is 44.7 Å². The number of carbonyl (C=O) groups is 1. The number of hydrogen-bond donors (Lipinski definition) is 1. The molecule has 6 rings (SSSR count). The van der Waals surface area contributed by atoms with Gasteiger partial charge >= 0.3 is 0 Å². The maximum Gasteiger partial charge on any atom is 0.272 e. The summed E-state index contributed by atoms with van der Waals surface area (Å²) in [4.78, 5) is 28.2. The van der Waals surface area contributed by atoms with Gasteiger partial charge in [-0.3, -0.25) is 4.79 Å². The first-order chi connectivity index (χ1) is 16.3. The molecule has 3 aromatic rings. The number of nitrogens with zero attached hydrogens (tertiary/aromatic N) is 6. The van der Waals surface area contributed by atoms with E-state index in [0.29, 0.717) is 25.3 Å². The molecule has 3 aromatic heterocycles. The molecule has 2 aliphatic carbocycles. The monoisotopic (exact) mass is 467 g/mol. The van der Waals surface area contributed by atoms with Crippen molar-refractivity contribution in [2.24, 2.45) is 18.9 Å². The van der Waals surface area contributed by atoms with Crippen LogP contribution >= 0.6 is 0 Å². The lowest BCUT2D eigenvalue weighted by Gasteiger charge is -2.22. The van der Waals surface area contributed by atoms with Crippen LogP contribution in [0.2, 0.25) is 0 Å². The van der Waals surface area contributed by atoms with E-state index >= 15 is 0 Å². The molecule has 2 unspecified atom stereocenters. The van der Waals surface area contributed by atoms with Gasteiger partial charge in [0.15, 0.2) is 0 Å². The molecule has 1 saturated carbocycles. The first kappa shape index (κ1) is 21.2. The minimum absolute atomic E-state index is 0.0890. The fourth-order valence-electron chi connectivity index (χ4n) is 5.46. The van der Waals surface area contributed by atoms with Gasteiger partial charge in [0.25, 0.3) is 11.8 Å². The van der Waals surface area contributed by atoms with E-state index in [1.165, 1.54) is 5.69 Å². The molecule has 4 heterocycles. The zero-order valence-corrected chi connectivity index (χ0v) is 19.2. The van der Waals surface area contributed by atoms with Crippen LogP contribution in [0.5, 0.6) is 0 Å². The Balaban J connectivity index is 1.12. The van der Waals surface area contributed by atoms with Gasteiger partial charge in [0.2, 0.25) is 0 Å². The van der Waals surface area contributed by atoms with Crippen molar-refractivity contribution >= 4 is 11.7 Å². The Labute approximate surface area is 196 Å². The number of fused-ring (bicyclic) bond motifs is 2. The molecular weight excluding hydrogens is 440 g/mol. The van der Waals surface area contributed by atoms with E-state index in [1.807, 2.05) is 40.1 Å². The Morgan fingerprint density at radius 1 is 1.21 bits per heavy atom. The molecule has 178 valence electrons. The van der Waals surface area contributed by atoms with Crippen LogP contribution in [-0.4, -0.2) is 49.0 Å². The number of anilines is 1. The normalized spacial score (nSPS) is 24.2. The number of pyridine rings is 1. The molecule has 0 radical (unpaired) electrons. The van der Waals surface area contributed by atoms with Crippen LogP contribution in [-0.2, 0) is 26.4 Å². The number of carbonyl (C=O) groups excluding carboxylic acids is 1. The molecule has 1 N–H and O–H groups in total. The number of piperidine rings is 1. The molecular formula is C24H27F2N7O. The minimum atomic E-state index is -2.49. The van der Waals surface area contributed by atoms with Gasteiger partial charge in [-0.15, -0.1) is 0 Å². The summed E-state index contributed by atoms with van der Waals surface area (Å²) in [6, 6.07) is 3.82. The summed E-state index contributed by atoms with van der Waals surface area (Å²) in [6.07, 6.45) is 7.65. The second-order valence-electron chi connectivity index (χ2n) is 9.60. The summed E-state index contributed by atoms with van der Waals surface area (Å²) in [5.41, 5.74) is 4.42. The molecule has 2 fully saturated rings. The Hall–Kier alpha value is -3.30. The molecule has 8 nitrogen and oxygen atoms in total. The van der Waals surface area contributed by atoms with Crippen LogP contribution in [0, 0.1) is 11.8 Å². The molecule has 34 heavy (non-hydrogen) atoms. The standard InChI is InChI=1S/C24H27F2N7O/c1-3-17-14(4-7-21(29-17)33-9-15-16(10-33)24(15,25)26)8-32-11-19(27-13-32)23(34)30-18-5-6-20-22(18)28-12-31(20)2/h4,7,11-13,15-16,18H,3,5-6,8-10H2,1-2H3,(H,30,34)/t15?,16?,18-/m1/s1. The highest BCUT2D eigenvalue weighted by Crippen LogP contribution is 2.59. The molecule has 3 atom stereocenters. The number of aryl methyl sites for hydroxylation is 2. The molecule has 10 heteroatoms. The van der Waals surface area contributed by atoms with E-state index in [0.717, 1.165) is 42.0 Å². The zero-order valence-electron chi connectivity index (χ0n) is 19.2. The first-order valence-corrected chi connectivity index (χ1v) is 11.8. The van der Waals surface area contributed by atoms with Crippen molar-refractivity contribution in [3.63, 3.8) is 0 Å². The summed E-state index contributed by atoms with van der Waals surface area (Å²) in [5, 5.41) is 3.05. The van der Waals surface area contributed by atoms with Crippen LogP contribution in [0.15, 0.2) is 31.0 Å². The van der Waals surface area contributed by atoms with Crippen molar-refractivity contribution in [2.75, 3.05) is 18.0 Å². The smallest absolute Gasteiger partial charge is 0.272 e. The highest BCUT2D eigenvalue weighted by Gasteiger charge is 2.71. The van der Waals surface area contributed by atoms with Gasteiger partial charge in [-0.2, -0.15) is 0 Å². The van der Waals surface area contributed by atoms with Crippen LogP contribution in [0.4, 0.5) is 14.6 Å². The second-order valence-corrected chi connectivity index (χ2v) is 9.60. The summed E-state index contributed by atoms with van der Waals surface area (Å²) >= 11 is 0. The number of rotatable bonds is 6. The molecule has 1 saturated heterocycles. The van der Waals surface area contributed by atoms with Crippen molar-refractivity contribution in [1.82, 2.24) is 29.4 Å². The molecule has 1 amide bonds. The summed E-state index contributed by atoms with van der Waals surface area (Å²) in [7, 11) is 1.97. The fourth-order valence-corrected chi connectivity index (χ4v) is 5.46. The number of aromatic nitrogens is 5. The van der Waals surface area contributed by atoms with Gasteiger partial charge in [0.05, 0.1) is 42.8 Å². The Kier molecular flexibility index (Phi) is 4.76. The number of alkyl halides is 2. The number of hydrogen-bond acceptors (Lipinski definition) is 5. The first-order valence-electron chi connectivity index (χ1n) is 11.8. The molecule has 0 aromatic carbocycles. The Bertz CT molecular complexity index is 1250. The third-order valence-corrected chi connectivity index (χ3v) is 7.53. The SMILES string of the molecule is CCc1nc(N2CC3C(C2)C3(F)F)ccc1Cn1cnc(C(=O)N[C@@H]2CCc3c2ncn3C)c1. The van der Waals surface area contributed by atoms with E-state index in [2.05, 4.69) is 15.3 Å². The lowest BCUT2D eigenvalue weighted by atomic mass is 10.1. The Morgan fingerprint density at radius 3 is 2.76 bits per heavy atom. The van der Waals surface area contributed by atoms with Crippen LogP contribution in [0.25, 0.3) is 0 Å². The van der Waals surface area contributed by atoms with Crippen molar-refractivity contribution in [3.05, 3.63) is 59.3 Å². The molecule has 0 spiro atoms. The third kappa shape index (κ3) is 3.38. The maximum atomic E-state index is 13.5. The third-order valence-electron chi connectivity index (χ3n) is 7.53. The van der Waals surface area contributed by atoms with E-state index in [1.54, 1.807) is 18.9 Å². The molecule has 1 aliphatic heterocycles. The maximum absolute atomic E-state index is 13.5. The lowest BCUT2D eigenvalue weighted by Crippen LogP contribution is -2.28. The highest BCUT2D eigenvalue weighted by molar-refractivity contribution is 5.92. The van der Waals surface area contributed by atoms with Crippen LogP contribution in [0.3, 0.4) is 0 Å². The van der Waals surface area contributed by atoms with Crippen LogP contribution < -0.4 is 10.2 Å². The lowest BCUT2D eigenvalue weighted by molar-refractivity contribution is 0.0796. The predicted octanol–water partition coefficient (Wildman–Crippen LogP) is 2.74. The number of imidazole rings is 2. The Morgan fingerprint density at radius 2 is 2.00 bits per heavy atom. The van der Waals surface area contributed by atoms with E-state index in [4.69, 9.17) is 4.98 Å². The van der Waals surface area contributed by atoms with Crippen molar-refractivity contribution in [1.29, 1.82) is 0 Å². The summed E-state index contributed by atoms with van der Waals surface area (Å²) in [6.45, 7) is 3.31. The number of amides is 1. The number of nitrogens with one attached hydrogen (secondary N) is 1. The van der Waals surface area contributed by atoms with Gasteiger partial charge < -0.3 is 19.4 Å². The number of halogens is 2. The molecule has 3 aliphatic rings. The predicted molar refractivity (Wildman–Crippen MR) is 121 cm³/mol. The zero-order chi connectivity index (χ0) is 23.6. The summed E-state index contributed by atoms with van der Waals surface area (Å²) < 4.78 is 30.9. The second kappa shape index (κ2) is 7.61.